The average molecular weight is 2050 g/mol. The van der Waals surface area contributed by atoms with E-state index in [1.165, 1.54) is 82.9 Å². The number of Topliss-reactive ketones (excluding diaryl/α,β-unsaturated/α-hetero) is 2. The van der Waals surface area contributed by atoms with Crippen molar-refractivity contribution in [2.45, 2.75) is 262 Å². The van der Waals surface area contributed by atoms with Crippen molar-refractivity contribution >= 4 is 141 Å². The van der Waals surface area contributed by atoms with Crippen LogP contribution in [0.15, 0.2) is 91.7 Å². The first-order valence-electron chi connectivity index (χ1n) is 44.4. The van der Waals surface area contributed by atoms with Crippen molar-refractivity contribution in [1.82, 2.24) is 45.4 Å². The third-order valence-corrected chi connectivity index (χ3v) is 21.4. The summed E-state index contributed by atoms with van der Waals surface area (Å²) in [6, 6.07) is 13.1. The van der Waals surface area contributed by atoms with Crippen molar-refractivity contribution < 1.29 is 115 Å². The number of carbonyl (C=O) groups is 12. The largest absolute Gasteiger partial charge is 0.468 e. The molecule has 4 aliphatic heterocycles. The number of hydrogen-bond acceptors (Lipinski definition) is 37. The monoisotopic (exact) mass is 2050 g/mol. The number of ketones is 2. The molecule has 0 radical (unpaired) electrons. The molecule has 798 valence electrons. The number of methoxy groups -OCH3 is 6. The molecule has 0 saturated heterocycles. The Hall–Kier alpha value is -13.2. The number of nitrogens with one attached hydrogen (secondary N) is 3. The number of amides is 3. The Labute approximate surface area is 851 Å². The number of esters is 7. The summed E-state index contributed by atoms with van der Waals surface area (Å²) in [6.07, 6.45) is 10.3. The number of anilines is 5. The minimum Gasteiger partial charge on any atom is -0.468 e. The number of pyridine rings is 5. The van der Waals surface area contributed by atoms with Crippen molar-refractivity contribution in [2.75, 3.05) is 127 Å². The first-order chi connectivity index (χ1) is 64.9. The Morgan fingerprint density at radius 1 is 0.552 bits per heavy atom. The van der Waals surface area contributed by atoms with Gasteiger partial charge in [-0.15, -0.1) is 0 Å². The van der Waals surface area contributed by atoms with E-state index in [0.29, 0.717) is 38.0 Å². The minimum atomic E-state index is -0.755. The Morgan fingerprint density at radius 2 is 1.01 bits per heavy atom. The summed E-state index contributed by atoms with van der Waals surface area (Å²) in [5.74, 6) is -0.619. The lowest BCUT2D eigenvalue weighted by atomic mass is 9.97. The number of aliphatic hydroxyl groups excluding tert-OH is 1. The molecule has 42 nitrogen and oxygen atoms in total. The van der Waals surface area contributed by atoms with E-state index in [-0.39, 0.29) is 126 Å². The van der Waals surface area contributed by atoms with Crippen LogP contribution in [0, 0.1) is 20.2 Å². The second-order valence-electron chi connectivity index (χ2n) is 32.8. The number of halogens is 2. The summed E-state index contributed by atoms with van der Waals surface area (Å²) in [5.41, 5.74) is 5.43. The van der Waals surface area contributed by atoms with E-state index in [9.17, 15) is 77.8 Å². The summed E-state index contributed by atoms with van der Waals surface area (Å²) in [7, 11) is 7.60. The smallest absolute Gasteiger partial charge is 0.411 e. The Morgan fingerprint density at radius 3 is 1.45 bits per heavy atom. The molecule has 143 heavy (non-hydrogen) atoms. The molecule has 0 unspecified atom stereocenters. The van der Waals surface area contributed by atoms with E-state index >= 15 is 0 Å². The molecule has 44 heteroatoms. The summed E-state index contributed by atoms with van der Waals surface area (Å²) < 4.78 is 42.1. The maximum atomic E-state index is 12.2. The van der Waals surface area contributed by atoms with Crippen molar-refractivity contribution in [3.05, 3.63) is 167 Å². The van der Waals surface area contributed by atoms with E-state index in [0.717, 1.165) is 114 Å². The summed E-state index contributed by atoms with van der Waals surface area (Å²) >= 11 is 11.4. The molecule has 10 rings (SSSR count). The number of alkyl carbamates (subject to hydrolysis) is 1. The molecule has 6 aromatic rings. The van der Waals surface area contributed by atoms with Crippen LogP contribution in [0.1, 0.15) is 241 Å². The molecule has 0 fully saturated rings. The quantitative estimate of drug-likeness (QED) is 0.0136. The molecular weight excluding hydrogens is 1900 g/mol. The highest BCUT2D eigenvalue weighted by Gasteiger charge is 2.36. The molecule has 4 aliphatic rings. The number of hydrogen-bond donors (Lipinski definition) is 4. The molecule has 3 amide bonds. The van der Waals surface area contributed by atoms with Crippen molar-refractivity contribution in [2.24, 2.45) is 0 Å². The first kappa shape index (κ1) is 134. The van der Waals surface area contributed by atoms with E-state index < -0.39 is 92.9 Å². The van der Waals surface area contributed by atoms with Crippen LogP contribution >= 0.6 is 23.2 Å². The number of aromatic nitrogens is 5. The van der Waals surface area contributed by atoms with Gasteiger partial charge in [-0.25, -0.2) is 63.3 Å². The Bertz CT molecular complexity index is 5190. The van der Waals surface area contributed by atoms with Gasteiger partial charge in [0.15, 0.2) is 17.4 Å². The van der Waals surface area contributed by atoms with E-state index in [1.807, 2.05) is 87.6 Å². The molecule has 7 atom stereocenters. The van der Waals surface area contributed by atoms with Gasteiger partial charge in [-0.3, -0.25) is 49.2 Å². The molecule has 0 saturated carbocycles. The van der Waals surface area contributed by atoms with E-state index in [1.54, 1.807) is 95.3 Å². The maximum absolute atomic E-state index is 12.2. The van der Waals surface area contributed by atoms with Crippen LogP contribution in [0.4, 0.5) is 49.9 Å². The standard InChI is InChI=1S/C22H25ClN4O.C14H19N3O6.C13H16N2O3.C12H16N2O2.C11H21NO4.C9H17NO4.C7H5ClN2O4.C6H13NO2.5CH4/c1-3-27-15(2)22(28)25-20-12-16(13-24-21(20)27)14-26-10-8-18(9-11-26)17-4-6-19(23)7-5-17;1-5-16(9(3)13(18)23-6-2)12-11(17(20)21)7-10(8-15-12)14(19)22-4;1-4-15-8(2)11(16)6-9-5-10(13(17)18-3)7-14-12(9)15;1-3-14-8(2)11(16)5-10-4-9(7-15)6-13-12(10)14;1-7-12(8(2)9(13)15-6)10(14)16-11(3,4)5;1-6(7(11)13-5)10-8(12)14-9(2,3)4;1-14-7(11)4-2-5(10(12)13)6(8)9-3-4;1-4-7-5(2)6(8)9-3;;;;;/h4-8,12-13,15H,3,9-11,14H2,1-2H3,(H,25,28);7-9H,5-6H2,1-4H3;5,7-8H,4,6H2,1-3H3;4,6,8,15H,3,5,7H2,1-2H3;8H,7H2,1-6H3;6H,1-5H3,(H,10,12);2-3H,1H3;5,7H,4H2,1-3H3;5*1H4/t15-;9-;3*8-;6-;;5-;;;;;/m000000.0...../s1. The number of carbonyl (C=O) groups excluding carboxylic acids is 12. The van der Waals surface area contributed by atoms with Crippen LogP contribution < -0.4 is 35.6 Å². The van der Waals surface area contributed by atoms with Gasteiger partial charge in [-0.2, -0.15) is 0 Å². The number of nitro groups is 2. The van der Waals surface area contributed by atoms with Gasteiger partial charge in [-0.1, -0.05) is 85.5 Å². The summed E-state index contributed by atoms with van der Waals surface area (Å²) in [5, 5.41) is 39.5. The number of nitrogens with zero attached hydrogens (tertiary/aromatic N) is 13. The average Bonchev–Trinajstić information content (AvgIpc) is 0.786. The highest BCUT2D eigenvalue weighted by molar-refractivity contribution is 6.31. The zero-order valence-electron chi connectivity index (χ0n) is 83.3. The highest BCUT2D eigenvalue weighted by atomic mass is 35.5. The molecule has 0 aliphatic carbocycles. The second kappa shape index (κ2) is 65.1. The van der Waals surface area contributed by atoms with Gasteiger partial charge in [-0.05, 0) is 197 Å². The van der Waals surface area contributed by atoms with Crippen LogP contribution in [-0.2, 0) is 102 Å². The van der Waals surface area contributed by atoms with E-state index in [4.69, 9.17) is 42.5 Å². The lowest BCUT2D eigenvalue weighted by Crippen LogP contribution is -2.46. The SMILES string of the molecule is C.C.C.C.C.CCN(C(=O)OC(C)(C)C)[C@@H](C)C(=O)OC.CCN1c2ncc(C(=O)OC)cc2CC(=O)[C@@H]1C.CCN1c2ncc(CN3CC=C(c4ccc(Cl)cc4)CC3)cc2NC(=O)[C@@H]1C.CCN1c2ncc(CO)cc2CC(=O)[C@@H]1C.CCN[C@@H](C)C(=O)OC.CCOC(=O)[C@H](C)N(CC)c1ncc(C(=O)OC)cc1[N+](=O)[O-].COC(=O)[C@H](C)NC(=O)OC(C)(C)C.COC(=O)c1cnc(Cl)c([N+](=O)[O-])c1. The number of ether oxygens (including phenoxy) is 9. The van der Waals surface area contributed by atoms with Gasteiger partial charge in [0.05, 0.1) is 100 Å². The number of fused-ring (bicyclic) bond motifs is 3. The van der Waals surface area contributed by atoms with Gasteiger partial charge in [0.25, 0.3) is 0 Å². The topological polar surface area (TPSA) is 514 Å². The molecule has 0 spiro atoms. The third kappa shape index (κ3) is 41.4. The predicted octanol–water partition coefficient (Wildman–Crippen LogP) is 15.5. The zero-order chi connectivity index (χ0) is 105. The fourth-order valence-electron chi connectivity index (χ4n) is 13.6. The first-order valence-corrected chi connectivity index (χ1v) is 45.2. The maximum Gasteiger partial charge on any atom is 0.411 e. The normalized spacial score (nSPS) is 14.7. The Balaban J connectivity index is -0.00000159. The van der Waals surface area contributed by atoms with Crippen LogP contribution in [0.25, 0.3) is 5.57 Å². The van der Waals surface area contributed by atoms with Crippen molar-refractivity contribution in [1.29, 1.82) is 0 Å². The molecule has 5 aromatic heterocycles. The number of aliphatic hydroxyl groups is 1. The van der Waals surface area contributed by atoms with Crippen LogP contribution in [0.2, 0.25) is 10.2 Å². The molecule has 9 heterocycles. The Kier molecular flexibility index (Phi) is 61.0. The summed E-state index contributed by atoms with van der Waals surface area (Å²) in [4.78, 5) is 190. The minimum absolute atomic E-state index is 0. The predicted molar refractivity (Wildman–Crippen MR) is 551 cm³/mol. The van der Waals surface area contributed by atoms with Gasteiger partial charge >= 0.3 is 65.3 Å². The fraction of sp³-hybridized carbons (Fsp3) is 0.545. The van der Waals surface area contributed by atoms with Crippen LogP contribution in [0.3, 0.4) is 0 Å². The number of rotatable bonds is 25. The lowest BCUT2D eigenvalue weighted by molar-refractivity contribution is -0.385. The van der Waals surface area contributed by atoms with Gasteiger partial charge in [0, 0.05) is 124 Å². The van der Waals surface area contributed by atoms with E-state index in [2.05, 4.69) is 98.5 Å². The number of benzene rings is 1. The second-order valence-corrected chi connectivity index (χ2v) is 33.5. The zero-order valence-corrected chi connectivity index (χ0v) is 84.8. The molecular formula is C99H152Cl2N16O26. The molecule has 4 N–H and O–H groups in total. The van der Waals surface area contributed by atoms with Crippen molar-refractivity contribution in [3.8, 4) is 0 Å². The molecule has 1 aromatic carbocycles. The van der Waals surface area contributed by atoms with Crippen LogP contribution in [-0.4, -0.2) is 276 Å². The van der Waals surface area contributed by atoms with Crippen molar-refractivity contribution in [3.63, 3.8) is 0 Å². The fourth-order valence-corrected chi connectivity index (χ4v) is 13.9. The van der Waals surface area contributed by atoms with Gasteiger partial charge < -0.3 is 83.3 Å². The molecule has 0 bridgehead atoms. The summed E-state index contributed by atoms with van der Waals surface area (Å²) in [6.45, 7) is 42.5. The van der Waals surface area contributed by atoms with Gasteiger partial charge in [0.2, 0.25) is 16.9 Å². The third-order valence-electron chi connectivity index (χ3n) is 20.9. The lowest BCUT2D eigenvalue weighted by Gasteiger charge is -2.34. The number of likely N-dealkylation sites (N-methyl/N-ethyl adjacent to an activating group) is 6. The van der Waals surface area contributed by atoms with Crippen LogP contribution in [0.5, 0.6) is 0 Å². The highest BCUT2D eigenvalue weighted by Crippen LogP contribution is 2.35. The van der Waals surface area contributed by atoms with Gasteiger partial charge in [0.1, 0.15) is 53.0 Å².